The first-order valence-electron chi connectivity index (χ1n) is 5.36. The zero-order chi connectivity index (χ0) is 17.1. The molecule has 0 fully saturated rings. The van der Waals surface area contributed by atoms with Gasteiger partial charge in [0.05, 0.1) is 15.6 Å². The first-order chi connectivity index (χ1) is 10.1. The zero-order valence-corrected chi connectivity index (χ0v) is 11.5. The first-order valence-corrected chi connectivity index (χ1v) is 7.22. The molecule has 12 heteroatoms. The van der Waals surface area contributed by atoms with Crippen LogP contribution in [0.5, 0.6) is 0 Å². The van der Waals surface area contributed by atoms with Gasteiger partial charge in [-0.15, -0.1) is 0 Å². The summed E-state index contributed by atoms with van der Waals surface area (Å²) in [6, 6.07) is 0. The number of nitrogens with zero attached hydrogens (tertiary/aromatic N) is 3. The Morgan fingerprint density at radius 2 is 1.77 bits per heavy atom. The van der Waals surface area contributed by atoms with Crippen molar-refractivity contribution in [3.8, 4) is 0 Å². The zero-order valence-electron chi connectivity index (χ0n) is 10.6. The molecule has 1 aromatic carbocycles. The van der Waals surface area contributed by atoms with Gasteiger partial charge >= 0.3 is 0 Å². The predicted molar refractivity (Wildman–Crippen MR) is 70.2 cm³/mol. The van der Waals surface area contributed by atoms with Crippen LogP contribution in [-0.2, 0) is 9.80 Å². The maximum Gasteiger partial charge on any atom is 0.257 e. The monoisotopic (exact) mass is 340 g/mol. The third-order valence-corrected chi connectivity index (χ3v) is 3.16. The highest BCUT2D eigenvalue weighted by atomic mass is 32.2. The molecule has 0 saturated heterocycles. The van der Waals surface area contributed by atoms with Crippen molar-refractivity contribution in [2.24, 2.45) is 5.11 Å². The molecule has 1 rings (SSSR count). The van der Waals surface area contributed by atoms with E-state index in [1.807, 2.05) is 10.2 Å². The minimum Gasteiger partial charge on any atom is -0.351 e. The van der Waals surface area contributed by atoms with Crippen LogP contribution in [0, 0.1) is 23.3 Å². The van der Waals surface area contributed by atoms with Crippen LogP contribution in [0.2, 0.25) is 0 Å². The van der Waals surface area contributed by atoms with Crippen LogP contribution in [-0.4, -0.2) is 32.8 Å². The molecule has 0 aliphatic carbocycles. The number of hydrogen-bond donors (Lipinski definition) is 2. The van der Waals surface area contributed by atoms with Gasteiger partial charge in [0.25, 0.3) is 5.91 Å². The molecule has 0 heterocycles. The molecule has 2 N–H and O–H groups in total. The molecule has 1 amide bonds. The van der Waals surface area contributed by atoms with Crippen molar-refractivity contribution in [1.29, 1.82) is 0 Å². The van der Waals surface area contributed by atoms with E-state index in [0.29, 0.717) is 0 Å². The molecule has 1 unspecified atom stereocenters. The van der Waals surface area contributed by atoms with Gasteiger partial charge in [-0.25, -0.2) is 21.8 Å². The topological polar surface area (TPSA) is 115 Å². The van der Waals surface area contributed by atoms with E-state index in [2.05, 4.69) is 11.0 Å². The molecule has 0 aliphatic heterocycles. The number of rotatable bonds is 5. The highest BCUT2D eigenvalue weighted by molar-refractivity contribution is 7.95. The number of hydrogen-bond acceptors (Lipinski definition) is 3. The third-order valence-electron chi connectivity index (χ3n) is 2.32. The summed E-state index contributed by atoms with van der Waals surface area (Å²) < 4.78 is 73.8. The summed E-state index contributed by atoms with van der Waals surface area (Å²) in [6.45, 7) is -0.516. The van der Waals surface area contributed by atoms with Crippen LogP contribution >= 0.6 is 0 Å². The van der Waals surface area contributed by atoms with Gasteiger partial charge in [0, 0.05) is 11.5 Å². The number of amides is 1. The Kier molecular flexibility index (Phi) is 5.36. The Hall–Kier alpha value is -2.30. The fraction of sp³-hybridized carbons (Fsp3) is 0.200. The van der Waals surface area contributed by atoms with Crippen LogP contribution in [0.15, 0.2) is 5.11 Å². The van der Waals surface area contributed by atoms with Gasteiger partial charge in [0.2, 0.25) is 0 Å². The quantitative estimate of drug-likeness (QED) is 0.213. The number of azide groups is 1. The maximum absolute atomic E-state index is 13.6. The summed E-state index contributed by atoms with van der Waals surface area (Å²) in [6.07, 6.45) is 0. The molecule has 0 radical (unpaired) electrons. The molecular weight excluding hydrogens is 332 g/mol. The number of carbonyl (C=O) groups excluding carboxylic acids is 1. The first kappa shape index (κ1) is 17.8. The van der Waals surface area contributed by atoms with Crippen molar-refractivity contribution in [3.63, 3.8) is 0 Å². The van der Waals surface area contributed by atoms with Gasteiger partial charge in [-0.2, -0.15) is 0 Å². The Morgan fingerprint density at radius 3 is 2.18 bits per heavy atom. The second kappa shape index (κ2) is 6.64. The second-order valence-electron chi connectivity index (χ2n) is 3.90. The van der Waals surface area contributed by atoms with Crippen molar-refractivity contribution in [2.45, 2.75) is 0 Å². The van der Waals surface area contributed by atoms with Crippen LogP contribution in [0.1, 0.15) is 10.4 Å². The molecule has 0 saturated carbocycles. The Bertz CT molecular complexity index is 746. The van der Waals surface area contributed by atoms with Crippen LogP contribution in [0.25, 0.3) is 10.4 Å². The molecule has 7 nitrogen and oxygen atoms in total. The van der Waals surface area contributed by atoms with E-state index in [1.54, 1.807) is 0 Å². The SMILES string of the molecule is C=S(=O)(O)CCNC(=O)c1c(F)c(F)c(N=[N+]=[N-])c(F)c1F. The Balaban J connectivity index is 3.20. The lowest BCUT2D eigenvalue weighted by atomic mass is 10.1. The summed E-state index contributed by atoms with van der Waals surface area (Å²) in [7, 11) is -3.46. The normalized spacial score (nSPS) is 13.1. The van der Waals surface area contributed by atoms with Crippen LogP contribution < -0.4 is 5.32 Å². The molecule has 1 aromatic rings. The summed E-state index contributed by atoms with van der Waals surface area (Å²) in [5, 5.41) is 4.27. The van der Waals surface area contributed by atoms with Gasteiger partial charge in [-0.3, -0.25) is 4.79 Å². The van der Waals surface area contributed by atoms with Gasteiger partial charge in [-0.1, -0.05) is 5.11 Å². The average molecular weight is 340 g/mol. The van der Waals surface area contributed by atoms with Gasteiger partial charge < -0.3 is 9.87 Å². The Morgan fingerprint density at radius 1 is 1.27 bits per heavy atom. The van der Waals surface area contributed by atoms with E-state index in [4.69, 9.17) is 10.1 Å². The lowest BCUT2D eigenvalue weighted by Gasteiger charge is -2.10. The molecule has 0 bridgehead atoms. The van der Waals surface area contributed by atoms with E-state index >= 15 is 0 Å². The highest BCUT2D eigenvalue weighted by Gasteiger charge is 2.28. The molecule has 0 aromatic heterocycles. The van der Waals surface area contributed by atoms with Crippen LogP contribution in [0.4, 0.5) is 23.2 Å². The lowest BCUT2D eigenvalue weighted by Crippen LogP contribution is -2.30. The summed E-state index contributed by atoms with van der Waals surface area (Å²) >= 11 is 0. The van der Waals surface area contributed by atoms with Gasteiger partial charge in [0.1, 0.15) is 11.3 Å². The van der Waals surface area contributed by atoms with E-state index in [1.165, 1.54) is 0 Å². The summed E-state index contributed by atoms with van der Waals surface area (Å²) in [5.41, 5.74) is 4.93. The maximum atomic E-state index is 13.6. The van der Waals surface area contributed by atoms with E-state index < -0.39 is 62.5 Å². The fourth-order valence-electron chi connectivity index (χ4n) is 1.36. The number of halogens is 4. The van der Waals surface area contributed by atoms with Gasteiger partial charge in [-0.05, 0) is 11.4 Å². The molecule has 120 valence electrons. The largest absolute Gasteiger partial charge is 0.351 e. The number of carbonyl (C=O) groups is 1. The van der Waals surface area contributed by atoms with Crippen molar-refractivity contribution in [3.05, 3.63) is 39.3 Å². The van der Waals surface area contributed by atoms with E-state index in [-0.39, 0.29) is 0 Å². The lowest BCUT2D eigenvalue weighted by molar-refractivity contribution is 0.0945. The third kappa shape index (κ3) is 3.87. The summed E-state index contributed by atoms with van der Waals surface area (Å²) in [5.74, 6) is -7.43. The van der Waals surface area contributed by atoms with Crippen LogP contribution in [0.3, 0.4) is 0 Å². The van der Waals surface area contributed by atoms with E-state index in [9.17, 15) is 26.6 Å². The van der Waals surface area contributed by atoms with E-state index in [0.717, 1.165) is 0 Å². The molecule has 22 heavy (non-hydrogen) atoms. The number of benzene rings is 1. The summed E-state index contributed by atoms with van der Waals surface area (Å²) in [4.78, 5) is 13.5. The minimum absolute atomic E-state index is 0.516. The average Bonchev–Trinajstić information content (AvgIpc) is 2.40. The van der Waals surface area contributed by atoms with Crippen molar-refractivity contribution >= 4 is 27.3 Å². The number of nitrogens with one attached hydrogen (secondary N) is 1. The van der Waals surface area contributed by atoms with Crippen molar-refractivity contribution in [2.75, 3.05) is 12.3 Å². The molecule has 0 spiro atoms. The van der Waals surface area contributed by atoms with Crippen molar-refractivity contribution < 1.29 is 31.1 Å². The highest BCUT2D eigenvalue weighted by Crippen LogP contribution is 2.30. The fourth-order valence-corrected chi connectivity index (χ4v) is 1.79. The second-order valence-corrected chi connectivity index (χ2v) is 5.85. The molecule has 1 atom stereocenters. The smallest absolute Gasteiger partial charge is 0.257 e. The van der Waals surface area contributed by atoms with Crippen molar-refractivity contribution in [1.82, 2.24) is 5.32 Å². The van der Waals surface area contributed by atoms with Gasteiger partial charge in [0.15, 0.2) is 23.3 Å². The Labute approximate surface area is 121 Å². The standard InChI is InChI=1S/C10H8F4N4O3S/c1-22(20,21)3-2-16-10(19)4-5(11)7(13)9(17-18-15)8(14)6(4)12/h1-3H2,(H,16,19)(H,20,21). The minimum atomic E-state index is -3.46. The molecule has 0 aliphatic rings. The predicted octanol–water partition coefficient (Wildman–Crippen LogP) is 2.10. The molecular formula is C10H8F4N4O3S.